The number of anilines is 1. The number of nitrogens with zero attached hydrogens (tertiary/aromatic N) is 1. The van der Waals surface area contributed by atoms with Gasteiger partial charge < -0.3 is 15.4 Å². The van der Waals surface area contributed by atoms with E-state index in [0.717, 1.165) is 10.5 Å². The molecular formula is C13H20N2O2S. The zero-order valence-corrected chi connectivity index (χ0v) is 12.1. The van der Waals surface area contributed by atoms with Gasteiger partial charge in [-0.1, -0.05) is 0 Å². The van der Waals surface area contributed by atoms with Gasteiger partial charge in [0.15, 0.2) is 0 Å². The third-order valence-corrected chi connectivity index (χ3v) is 2.65. The van der Waals surface area contributed by atoms with Crippen molar-refractivity contribution in [3.8, 4) is 0 Å². The lowest BCUT2D eigenvalue weighted by atomic mass is 10.2. The van der Waals surface area contributed by atoms with E-state index in [1.807, 2.05) is 32.9 Å². The summed E-state index contributed by atoms with van der Waals surface area (Å²) in [5, 5.41) is 0. The fraction of sp³-hybridized carbons (Fsp3) is 0.462. The highest BCUT2D eigenvalue weighted by Crippen LogP contribution is 2.19. The monoisotopic (exact) mass is 268 g/mol. The third-order valence-electron chi connectivity index (χ3n) is 2.22. The molecule has 5 heteroatoms. The van der Waals surface area contributed by atoms with Crippen molar-refractivity contribution in [3.05, 3.63) is 23.8 Å². The lowest BCUT2D eigenvalue weighted by molar-refractivity contribution is 0.0284. The van der Waals surface area contributed by atoms with Crippen LogP contribution in [0.15, 0.2) is 23.1 Å². The summed E-state index contributed by atoms with van der Waals surface area (Å²) >= 11 is 4.34. The molecule has 0 heterocycles. The van der Waals surface area contributed by atoms with Gasteiger partial charge in [0.2, 0.25) is 0 Å². The standard InChI is InChI=1S/C13H20N2O2S/c1-13(2,3)17-12(16)15(4)8-9-7-10(14)5-6-11(9)18/h5-7,18H,8,14H2,1-4H3. The molecule has 0 fully saturated rings. The Bertz CT molecular complexity index is 441. The lowest BCUT2D eigenvalue weighted by Crippen LogP contribution is -2.33. The number of carbonyl (C=O) groups is 1. The molecule has 0 radical (unpaired) electrons. The minimum absolute atomic E-state index is 0.363. The van der Waals surface area contributed by atoms with Gasteiger partial charge in [0.1, 0.15) is 5.60 Å². The Morgan fingerprint density at radius 2 is 2.06 bits per heavy atom. The summed E-state index contributed by atoms with van der Waals surface area (Å²) < 4.78 is 5.27. The smallest absolute Gasteiger partial charge is 0.410 e. The van der Waals surface area contributed by atoms with Crippen LogP contribution in [-0.2, 0) is 11.3 Å². The molecule has 1 rings (SSSR count). The number of rotatable bonds is 2. The van der Waals surface area contributed by atoms with Crippen LogP contribution >= 0.6 is 12.6 Å². The highest BCUT2D eigenvalue weighted by Gasteiger charge is 2.20. The topological polar surface area (TPSA) is 55.6 Å². The first-order chi connectivity index (χ1) is 8.19. The van der Waals surface area contributed by atoms with E-state index in [2.05, 4.69) is 12.6 Å². The highest BCUT2D eigenvalue weighted by atomic mass is 32.1. The minimum Gasteiger partial charge on any atom is -0.444 e. The molecule has 0 aromatic heterocycles. The van der Waals surface area contributed by atoms with Crippen LogP contribution in [0, 0.1) is 0 Å². The van der Waals surface area contributed by atoms with Crippen molar-refractivity contribution in [2.75, 3.05) is 12.8 Å². The Labute approximate surface area is 114 Å². The quantitative estimate of drug-likeness (QED) is 0.640. The van der Waals surface area contributed by atoms with E-state index in [4.69, 9.17) is 10.5 Å². The predicted octanol–water partition coefficient (Wildman–Crippen LogP) is 2.92. The van der Waals surface area contributed by atoms with Gasteiger partial charge in [-0.05, 0) is 44.5 Å². The molecule has 100 valence electrons. The van der Waals surface area contributed by atoms with Crippen molar-refractivity contribution in [1.29, 1.82) is 0 Å². The number of hydrogen-bond acceptors (Lipinski definition) is 4. The fourth-order valence-corrected chi connectivity index (χ4v) is 1.60. The van der Waals surface area contributed by atoms with Gasteiger partial charge in [-0.15, -0.1) is 12.6 Å². The molecule has 2 N–H and O–H groups in total. The van der Waals surface area contributed by atoms with Crippen molar-refractivity contribution in [2.24, 2.45) is 0 Å². The SMILES string of the molecule is CN(Cc1cc(N)ccc1S)C(=O)OC(C)(C)C. The van der Waals surface area contributed by atoms with E-state index in [1.54, 1.807) is 13.1 Å². The van der Waals surface area contributed by atoms with Crippen LogP contribution in [0.5, 0.6) is 0 Å². The molecule has 1 amide bonds. The van der Waals surface area contributed by atoms with Gasteiger partial charge >= 0.3 is 6.09 Å². The molecule has 0 aliphatic carbocycles. The van der Waals surface area contributed by atoms with Crippen LogP contribution < -0.4 is 5.73 Å². The summed E-state index contributed by atoms with van der Waals surface area (Å²) in [6.07, 6.45) is -0.363. The van der Waals surface area contributed by atoms with Gasteiger partial charge in [-0.3, -0.25) is 0 Å². The van der Waals surface area contributed by atoms with Crippen LogP contribution in [0.4, 0.5) is 10.5 Å². The van der Waals surface area contributed by atoms with Crippen molar-refractivity contribution in [1.82, 2.24) is 4.90 Å². The van der Waals surface area contributed by atoms with Gasteiger partial charge in [-0.25, -0.2) is 4.79 Å². The number of ether oxygens (including phenoxy) is 1. The number of thiol groups is 1. The van der Waals surface area contributed by atoms with E-state index in [0.29, 0.717) is 12.2 Å². The van der Waals surface area contributed by atoms with Gasteiger partial charge in [-0.2, -0.15) is 0 Å². The van der Waals surface area contributed by atoms with E-state index in [-0.39, 0.29) is 6.09 Å². The fourth-order valence-electron chi connectivity index (χ4n) is 1.39. The van der Waals surface area contributed by atoms with Crippen LogP contribution in [0.3, 0.4) is 0 Å². The van der Waals surface area contributed by atoms with Crippen molar-refractivity contribution < 1.29 is 9.53 Å². The molecule has 18 heavy (non-hydrogen) atoms. The molecule has 0 atom stereocenters. The lowest BCUT2D eigenvalue weighted by Gasteiger charge is -2.25. The van der Waals surface area contributed by atoms with E-state index in [9.17, 15) is 4.79 Å². The van der Waals surface area contributed by atoms with Crippen LogP contribution in [0.1, 0.15) is 26.3 Å². The second-order valence-electron chi connectivity index (χ2n) is 5.22. The molecule has 0 spiro atoms. The van der Waals surface area contributed by atoms with Gasteiger partial charge in [0.25, 0.3) is 0 Å². The molecule has 0 unspecified atom stereocenters. The van der Waals surface area contributed by atoms with Crippen molar-refractivity contribution in [2.45, 2.75) is 37.8 Å². The maximum absolute atomic E-state index is 11.8. The minimum atomic E-state index is -0.495. The number of amides is 1. The summed E-state index contributed by atoms with van der Waals surface area (Å²) in [7, 11) is 1.69. The molecule has 0 saturated heterocycles. The molecule has 0 aliphatic rings. The summed E-state index contributed by atoms with van der Waals surface area (Å²) in [6.45, 7) is 5.93. The first-order valence-corrected chi connectivity index (χ1v) is 6.15. The van der Waals surface area contributed by atoms with E-state index >= 15 is 0 Å². The maximum Gasteiger partial charge on any atom is 0.410 e. The zero-order chi connectivity index (χ0) is 13.9. The van der Waals surface area contributed by atoms with Crippen LogP contribution in [-0.4, -0.2) is 23.6 Å². The number of hydrogen-bond donors (Lipinski definition) is 2. The highest BCUT2D eigenvalue weighted by molar-refractivity contribution is 7.80. The van der Waals surface area contributed by atoms with Crippen molar-refractivity contribution >= 4 is 24.4 Å². The Hall–Kier alpha value is -1.36. The van der Waals surface area contributed by atoms with Crippen molar-refractivity contribution in [3.63, 3.8) is 0 Å². The molecule has 1 aromatic carbocycles. The number of carbonyl (C=O) groups excluding carboxylic acids is 1. The summed E-state index contributed by atoms with van der Waals surface area (Å²) in [6, 6.07) is 5.40. The van der Waals surface area contributed by atoms with Crippen LogP contribution in [0.2, 0.25) is 0 Å². The molecule has 4 nitrogen and oxygen atoms in total. The second-order valence-corrected chi connectivity index (χ2v) is 5.71. The molecule has 0 aliphatic heterocycles. The summed E-state index contributed by atoms with van der Waals surface area (Å²) in [5.41, 5.74) is 6.77. The average Bonchev–Trinajstić information content (AvgIpc) is 2.21. The molecular weight excluding hydrogens is 248 g/mol. The van der Waals surface area contributed by atoms with Gasteiger partial charge in [0.05, 0.1) is 0 Å². The Morgan fingerprint density at radius 3 is 2.61 bits per heavy atom. The summed E-state index contributed by atoms with van der Waals surface area (Å²) in [5.74, 6) is 0. The largest absolute Gasteiger partial charge is 0.444 e. The Kier molecular flexibility index (Phi) is 4.51. The van der Waals surface area contributed by atoms with Gasteiger partial charge in [0, 0.05) is 24.2 Å². The summed E-state index contributed by atoms with van der Waals surface area (Å²) in [4.78, 5) is 14.1. The molecule has 0 bridgehead atoms. The third kappa shape index (κ3) is 4.49. The molecule has 0 saturated carbocycles. The first kappa shape index (κ1) is 14.7. The van der Waals surface area contributed by atoms with E-state index in [1.165, 1.54) is 4.90 Å². The van der Waals surface area contributed by atoms with E-state index < -0.39 is 5.60 Å². The predicted molar refractivity (Wildman–Crippen MR) is 75.8 cm³/mol. The number of nitrogen functional groups attached to an aromatic ring is 1. The first-order valence-electron chi connectivity index (χ1n) is 5.70. The van der Waals surface area contributed by atoms with Crippen LogP contribution in [0.25, 0.3) is 0 Å². The number of benzene rings is 1. The number of nitrogens with two attached hydrogens (primary N) is 1. The average molecular weight is 268 g/mol. The Balaban J connectivity index is 2.72. The normalized spacial score (nSPS) is 11.2. The Morgan fingerprint density at radius 1 is 1.44 bits per heavy atom. The second kappa shape index (κ2) is 5.52. The zero-order valence-electron chi connectivity index (χ0n) is 11.2. The maximum atomic E-state index is 11.8. The molecule has 1 aromatic rings.